The van der Waals surface area contributed by atoms with Crippen LogP contribution in [0, 0.1) is 5.92 Å². The molecule has 2 aromatic rings. The fourth-order valence-corrected chi connectivity index (χ4v) is 3.65. The molecule has 0 aromatic heterocycles. The largest absolute Gasteiger partial charge is 0.294 e. The van der Waals surface area contributed by atoms with Gasteiger partial charge in [-0.2, -0.15) is 0 Å². The van der Waals surface area contributed by atoms with Crippen LogP contribution in [0.5, 0.6) is 0 Å². The third-order valence-corrected chi connectivity index (χ3v) is 4.91. The summed E-state index contributed by atoms with van der Waals surface area (Å²) in [6.45, 7) is 4.33. The van der Waals surface area contributed by atoms with Crippen LogP contribution in [-0.4, -0.2) is 5.78 Å². The van der Waals surface area contributed by atoms with E-state index in [0.29, 0.717) is 5.78 Å². The fraction of sp³-hybridized carbons (Fsp3) is 0.450. The van der Waals surface area contributed by atoms with Crippen molar-refractivity contribution in [2.75, 3.05) is 0 Å². The Morgan fingerprint density at radius 2 is 1.86 bits per heavy atom. The lowest BCUT2D eigenvalue weighted by atomic mass is 9.87. The van der Waals surface area contributed by atoms with Gasteiger partial charge in [0.2, 0.25) is 0 Å². The molecule has 0 saturated carbocycles. The topological polar surface area (TPSA) is 17.1 Å². The summed E-state index contributed by atoms with van der Waals surface area (Å²) >= 11 is 0. The summed E-state index contributed by atoms with van der Waals surface area (Å²) in [6, 6.07) is 10.7. The summed E-state index contributed by atoms with van der Waals surface area (Å²) < 4.78 is 0. The maximum Gasteiger partial charge on any atom is 0.166 e. The van der Waals surface area contributed by atoms with Gasteiger partial charge in [-0.15, -0.1) is 0 Å². The van der Waals surface area contributed by atoms with E-state index in [1.165, 1.54) is 21.9 Å². The number of carbonyl (C=O) groups is 1. The molecule has 1 heteroatoms. The van der Waals surface area contributed by atoms with E-state index in [0.717, 1.165) is 44.1 Å². The quantitative estimate of drug-likeness (QED) is 0.653. The van der Waals surface area contributed by atoms with Gasteiger partial charge in [0.1, 0.15) is 0 Å². The lowest BCUT2D eigenvalue weighted by Gasteiger charge is -2.15. The molecule has 0 amide bonds. The van der Waals surface area contributed by atoms with Crippen molar-refractivity contribution in [2.24, 2.45) is 5.92 Å². The molecule has 1 nitrogen and oxygen atoms in total. The standard InChI is InChI=1S/C20H24O/c1-3-5-7-14(4-2)20(21)18-13-12-16-11-10-15-8-6-9-17(18)19(15)16/h6,8-9,12-14H,3-5,7,10-11H2,1-2H3. The number of rotatable bonds is 6. The van der Waals surface area contributed by atoms with Crippen molar-refractivity contribution in [3.63, 3.8) is 0 Å². The Balaban J connectivity index is 2.03. The molecule has 1 unspecified atom stereocenters. The van der Waals surface area contributed by atoms with Gasteiger partial charge in [-0.05, 0) is 47.6 Å². The average molecular weight is 280 g/mol. The molecule has 110 valence electrons. The van der Waals surface area contributed by atoms with Crippen LogP contribution in [0.3, 0.4) is 0 Å². The first kappa shape index (κ1) is 14.3. The van der Waals surface area contributed by atoms with Crippen LogP contribution in [0.2, 0.25) is 0 Å². The van der Waals surface area contributed by atoms with E-state index < -0.39 is 0 Å². The molecule has 2 aromatic carbocycles. The maximum atomic E-state index is 12.9. The number of Topliss-reactive ketones (excluding diaryl/α,β-unsaturated/α-hetero) is 1. The van der Waals surface area contributed by atoms with Crippen molar-refractivity contribution in [2.45, 2.75) is 52.4 Å². The van der Waals surface area contributed by atoms with Crippen molar-refractivity contribution < 1.29 is 4.79 Å². The van der Waals surface area contributed by atoms with Gasteiger partial charge in [0.05, 0.1) is 0 Å². The zero-order chi connectivity index (χ0) is 14.8. The Morgan fingerprint density at radius 1 is 1.10 bits per heavy atom. The molecule has 3 rings (SSSR count). The highest BCUT2D eigenvalue weighted by atomic mass is 16.1. The highest BCUT2D eigenvalue weighted by Crippen LogP contribution is 2.34. The summed E-state index contributed by atoms with van der Waals surface area (Å²) in [6.07, 6.45) is 6.52. The zero-order valence-electron chi connectivity index (χ0n) is 13.1. The Labute approximate surface area is 127 Å². The Morgan fingerprint density at radius 3 is 2.57 bits per heavy atom. The molecule has 0 aliphatic heterocycles. The number of hydrogen-bond acceptors (Lipinski definition) is 1. The first-order valence-corrected chi connectivity index (χ1v) is 8.34. The molecule has 0 N–H and O–H groups in total. The van der Waals surface area contributed by atoms with Crippen LogP contribution in [0.4, 0.5) is 0 Å². The van der Waals surface area contributed by atoms with Gasteiger partial charge >= 0.3 is 0 Å². The van der Waals surface area contributed by atoms with Crippen LogP contribution in [-0.2, 0) is 12.8 Å². The minimum absolute atomic E-state index is 0.184. The first-order valence-electron chi connectivity index (χ1n) is 8.34. The predicted molar refractivity (Wildman–Crippen MR) is 89.0 cm³/mol. The molecule has 0 heterocycles. The van der Waals surface area contributed by atoms with Crippen LogP contribution in [0.25, 0.3) is 10.8 Å². The minimum Gasteiger partial charge on any atom is -0.294 e. The van der Waals surface area contributed by atoms with Gasteiger partial charge in [0, 0.05) is 11.5 Å². The van der Waals surface area contributed by atoms with E-state index >= 15 is 0 Å². The number of hydrogen-bond donors (Lipinski definition) is 0. The van der Waals surface area contributed by atoms with E-state index in [1.54, 1.807) is 0 Å². The summed E-state index contributed by atoms with van der Waals surface area (Å²) in [4.78, 5) is 12.9. The maximum absolute atomic E-state index is 12.9. The lowest BCUT2D eigenvalue weighted by molar-refractivity contribution is 0.0910. The molecular weight excluding hydrogens is 256 g/mol. The van der Waals surface area contributed by atoms with Gasteiger partial charge < -0.3 is 0 Å². The molecule has 21 heavy (non-hydrogen) atoms. The van der Waals surface area contributed by atoms with Crippen molar-refractivity contribution >= 4 is 16.6 Å². The van der Waals surface area contributed by atoms with Crippen LogP contribution in [0.15, 0.2) is 30.3 Å². The van der Waals surface area contributed by atoms with Gasteiger partial charge in [0.15, 0.2) is 5.78 Å². The number of carbonyl (C=O) groups excluding carboxylic acids is 1. The molecule has 0 spiro atoms. The second-order valence-electron chi connectivity index (χ2n) is 6.22. The van der Waals surface area contributed by atoms with E-state index in [9.17, 15) is 4.79 Å². The van der Waals surface area contributed by atoms with Gasteiger partial charge in [-0.25, -0.2) is 0 Å². The number of ketones is 1. The van der Waals surface area contributed by atoms with E-state index in [2.05, 4.69) is 44.2 Å². The first-order chi connectivity index (χ1) is 10.3. The van der Waals surface area contributed by atoms with Crippen molar-refractivity contribution in [1.29, 1.82) is 0 Å². The minimum atomic E-state index is 0.184. The Bertz CT molecular complexity index is 659. The van der Waals surface area contributed by atoms with Gasteiger partial charge in [-0.1, -0.05) is 57.0 Å². The third-order valence-electron chi connectivity index (χ3n) is 4.91. The van der Waals surface area contributed by atoms with E-state index in [4.69, 9.17) is 0 Å². The SMILES string of the molecule is CCCCC(CC)C(=O)c1ccc2c3c(cccc13)CC2. The van der Waals surface area contributed by atoms with Crippen LogP contribution >= 0.6 is 0 Å². The van der Waals surface area contributed by atoms with Gasteiger partial charge in [-0.3, -0.25) is 4.79 Å². The number of aryl methyl sites for hydroxylation is 2. The lowest BCUT2D eigenvalue weighted by Crippen LogP contribution is -2.14. The molecule has 1 aliphatic carbocycles. The van der Waals surface area contributed by atoms with Crippen molar-refractivity contribution in [3.05, 3.63) is 47.0 Å². The number of unbranched alkanes of at least 4 members (excludes halogenated alkanes) is 1. The molecule has 0 fully saturated rings. The van der Waals surface area contributed by atoms with E-state index in [-0.39, 0.29) is 5.92 Å². The predicted octanol–water partition coefficient (Wildman–Crippen LogP) is 5.34. The summed E-state index contributed by atoms with van der Waals surface area (Å²) in [7, 11) is 0. The normalized spacial score (nSPS) is 14.6. The number of benzene rings is 2. The van der Waals surface area contributed by atoms with Crippen molar-refractivity contribution in [1.82, 2.24) is 0 Å². The molecule has 1 aliphatic rings. The third kappa shape index (κ3) is 2.50. The second kappa shape index (κ2) is 6.01. The molecule has 0 bridgehead atoms. The Kier molecular flexibility index (Phi) is 4.10. The van der Waals surface area contributed by atoms with Crippen LogP contribution in [0.1, 0.15) is 61.0 Å². The van der Waals surface area contributed by atoms with Gasteiger partial charge in [0.25, 0.3) is 0 Å². The summed E-state index contributed by atoms with van der Waals surface area (Å²) in [5.74, 6) is 0.532. The average Bonchev–Trinajstić information content (AvgIpc) is 2.93. The summed E-state index contributed by atoms with van der Waals surface area (Å²) in [5.41, 5.74) is 3.78. The summed E-state index contributed by atoms with van der Waals surface area (Å²) in [5, 5.41) is 2.54. The smallest absolute Gasteiger partial charge is 0.166 e. The highest BCUT2D eigenvalue weighted by molar-refractivity contribution is 6.10. The highest BCUT2D eigenvalue weighted by Gasteiger charge is 2.22. The molecular formula is C20H24O. The molecule has 0 radical (unpaired) electrons. The second-order valence-corrected chi connectivity index (χ2v) is 6.22. The van der Waals surface area contributed by atoms with Crippen molar-refractivity contribution in [3.8, 4) is 0 Å². The zero-order valence-corrected chi connectivity index (χ0v) is 13.1. The Hall–Kier alpha value is -1.63. The van der Waals surface area contributed by atoms with E-state index in [1.807, 2.05) is 0 Å². The fourth-order valence-electron chi connectivity index (χ4n) is 3.65. The van der Waals surface area contributed by atoms with Crippen LogP contribution < -0.4 is 0 Å². The molecule has 0 saturated heterocycles. The monoisotopic (exact) mass is 280 g/mol. The molecule has 1 atom stereocenters.